The zero-order chi connectivity index (χ0) is 13.5. The van der Waals surface area contributed by atoms with Crippen LogP contribution in [0.5, 0.6) is 0 Å². The van der Waals surface area contributed by atoms with Crippen molar-refractivity contribution in [1.29, 1.82) is 0 Å². The number of carbonyl (C=O) groups is 1. The minimum absolute atomic E-state index is 0.241. The van der Waals surface area contributed by atoms with Crippen LogP contribution in [-0.2, 0) is 9.53 Å². The molecule has 0 aromatic carbocycles. The summed E-state index contributed by atoms with van der Waals surface area (Å²) in [6.45, 7) is 3.68. The molecule has 0 bridgehead atoms. The molecule has 2 heteroatoms. The SMILES string of the molecule is CCCCCCCCCCCC/C=C/OC(C)=O. The lowest BCUT2D eigenvalue weighted by molar-refractivity contribution is -0.135. The summed E-state index contributed by atoms with van der Waals surface area (Å²) in [5.74, 6) is -0.241. The average molecular weight is 254 g/mol. The molecule has 0 atom stereocenters. The van der Waals surface area contributed by atoms with E-state index in [-0.39, 0.29) is 5.97 Å². The Morgan fingerprint density at radius 2 is 1.39 bits per heavy atom. The third-order valence-electron chi connectivity index (χ3n) is 3.05. The number of allylic oxidation sites excluding steroid dienone is 1. The van der Waals surface area contributed by atoms with Crippen molar-refractivity contribution in [3.8, 4) is 0 Å². The maximum Gasteiger partial charge on any atom is 0.307 e. The van der Waals surface area contributed by atoms with Gasteiger partial charge in [0.2, 0.25) is 0 Å². The molecular weight excluding hydrogens is 224 g/mol. The van der Waals surface area contributed by atoms with E-state index in [1.54, 1.807) is 0 Å². The van der Waals surface area contributed by atoms with Gasteiger partial charge in [0, 0.05) is 6.92 Å². The molecule has 0 radical (unpaired) electrons. The molecule has 0 saturated heterocycles. The van der Waals surface area contributed by atoms with Crippen molar-refractivity contribution < 1.29 is 9.53 Å². The molecule has 2 nitrogen and oxygen atoms in total. The van der Waals surface area contributed by atoms with E-state index in [0.717, 1.165) is 6.42 Å². The first-order chi connectivity index (χ1) is 8.77. The highest BCUT2D eigenvalue weighted by Crippen LogP contribution is 2.11. The van der Waals surface area contributed by atoms with E-state index in [2.05, 4.69) is 6.92 Å². The summed E-state index contributed by atoms with van der Waals surface area (Å²) < 4.78 is 4.71. The van der Waals surface area contributed by atoms with Crippen molar-refractivity contribution >= 4 is 5.97 Å². The van der Waals surface area contributed by atoms with Crippen LogP contribution in [0.1, 0.15) is 84.5 Å². The maximum atomic E-state index is 10.5. The average Bonchev–Trinajstić information content (AvgIpc) is 2.34. The Morgan fingerprint density at radius 1 is 0.889 bits per heavy atom. The number of hydrogen-bond donors (Lipinski definition) is 0. The molecule has 18 heavy (non-hydrogen) atoms. The fourth-order valence-electron chi connectivity index (χ4n) is 1.96. The van der Waals surface area contributed by atoms with E-state index in [1.165, 1.54) is 77.4 Å². The quantitative estimate of drug-likeness (QED) is 0.266. The van der Waals surface area contributed by atoms with Gasteiger partial charge in [-0.25, -0.2) is 0 Å². The second-order valence-electron chi connectivity index (χ2n) is 4.95. The molecule has 0 spiro atoms. The van der Waals surface area contributed by atoms with Gasteiger partial charge >= 0.3 is 5.97 Å². The van der Waals surface area contributed by atoms with Crippen LogP contribution >= 0.6 is 0 Å². The zero-order valence-electron chi connectivity index (χ0n) is 12.2. The van der Waals surface area contributed by atoms with Crippen LogP contribution in [0.3, 0.4) is 0 Å². The van der Waals surface area contributed by atoms with Crippen molar-refractivity contribution in [2.24, 2.45) is 0 Å². The molecule has 0 unspecified atom stereocenters. The van der Waals surface area contributed by atoms with Gasteiger partial charge in [0.1, 0.15) is 0 Å². The highest BCUT2D eigenvalue weighted by molar-refractivity contribution is 5.66. The fraction of sp³-hybridized carbons (Fsp3) is 0.812. The standard InChI is InChI=1S/C16H30O2/c1-3-4-5-6-7-8-9-10-11-12-13-14-15-18-16(2)17/h14-15H,3-13H2,1-2H3/b15-14+. The van der Waals surface area contributed by atoms with Crippen LogP contribution in [0, 0.1) is 0 Å². The Kier molecular flexibility index (Phi) is 13.6. The molecule has 0 saturated carbocycles. The van der Waals surface area contributed by atoms with Crippen LogP contribution in [0.25, 0.3) is 0 Å². The lowest BCUT2D eigenvalue weighted by atomic mass is 10.1. The topological polar surface area (TPSA) is 26.3 Å². The van der Waals surface area contributed by atoms with Gasteiger partial charge in [0.05, 0.1) is 6.26 Å². The Hall–Kier alpha value is -0.790. The van der Waals surface area contributed by atoms with E-state index >= 15 is 0 Å². The van der Waals surface area contributed by atoms with Crippen LogP contribution < -0.4 is 0 Å². The Balaban J connectivity index is 3.03. The molecule has 0 aromatic rings. The van der Waals surface area contributed by atoms with Gasteiger partial charge in [-0.15, -0.1) is 0 Å². The van der Waals surface area contributed by atoms with Crippen molar-refractivity contribution in [3.63, 3.8) is 0 Å². The number of hydrogen-bond acceptors (Lipinski definition) is 2. The molecule has 0 aromatic heterocycles. The summed E-state index contributed by atoms with van der Waals surface area (Å²) in [6, 6.07) is 0. The molecule has 106 valence electrons. The second-order valence-corrected chi connectivity index (χ2v) is 4.95. The lowest BCUT2D eigenvalue weighted by Gasteiger charge is -2.01. The number of rotatable bonds is 12. The van der Waals surface area contributed by atoms with Gasteiger partial charge in [-0.1, -0.05) is 64.7 Å². The second kappa shape index (κ2) is 14.3. The zero-order valence-corrected chi connectivity index (χ0v) is 12.2. The van der Waals surface area contributed by atoms with Crippen LogP contribution in [0.15, 0.2) is 12.3 Å². The minimum Gasteiger partial charge on any atom is -0.435 e. The summed E-state index contributed by atoms with van der Waals surface area (Å²) in [7, 11) is 0. The first kappa shape index (κ1) is 17.2. The van der Waals surface area contributed by atoms with Crippen molar-refractivity contribution in [2.45, 2.75) is 84.5 Å². The largest absolute Gasteiger partial charge is 0.435 e. The monoisotopic (exact) mass is 254 g/mol. The number of carbonyl (C=O) groups excluding carboxylic acids is 1. The molecule has 0 N–H and O–H groups in total. The molecule has 0 amide bonds. The summed E-state index contributed by atoms with van der Waals surface area (Å²) in [5, 5.41) is 0. The minimum atomic E-state index is -0.241. The van der Waals surface area contributed by atoms with Crippen LogP contribution in [0.2, 0.25) is 0 Å². The molecule has 0 aliphatic heterocycles. The predicted octanol–water partition coefficient (Wildman–Crippen LogP) is 5.37. The molecule has 0 aliphatic rings. The molecule has 0 rings (SSSR count). The van der Waals surface area contributed by atoms with Crippen molar-refractivity contribution in [3.05, 3.63) is 12.3 Å². The number of esters is 1. The summed E-state index contributed by atoms with van der Waals surface area (Å²) in [4.78, 5) is 10.5. The third kappa shape index (κ3) is 15.2. The van der Waals surface area contributed by atoms with Gasteiger partial charge in [-0.2, -0.15) is 0 Å². The van der Waals surface area contributed by atoms with Crippen molar-refractivity contribution in [1.82, 2.24) is 0 Å². The maximum absolute atomic E-state index is 10.5. The van der Waals surface area contributed by atoms with Gasteiger partial charge in [0.15, 0.2) is 0 Å². The summed E-state index contributed by atoms with van der Waals surface area (Å²) in [5.41, 5.74) is 0. The highest BCUT2D eigenvalue weighted by atomic mass is 16.5. The Bertz CT molecular complexity index is 209. The molecule has 0 fully saturated rings. The first-order valence-electron chi connectivity index (χ1n) is 7.59. The van der Waals surface area contributed by atoms with E-state index in [1.807, 2.05) is 6.08 Å². The van der Waals surface area contributed by atoms with E-state index in [0.29, 0.717) is 0 Å². The number of unbranched alkanes of at least 4 members (excludes halogenated alkanes) is 10. The summed E-state index contributed by atoms with van der Waals surface area (Å²) >= 11 is 0. The van der Waals surface area contributed by atoms with E-state index in [4.69, 9.17) is 4.74 Å². The van der Waals surface area contributed by atoms with E-state index < -0.39 is 0 Å². The highest BCUT2D eigenvalue weighted by Gasteiger charge is 1.92. The Morgan fingerprint density at radius 3 is 1.89 bits per heavy atom. The normalized spacial score (nSPS) is 11.0. The van der Waals surface area contributed by atoms with Gasteiger partial charge in [0.25, 0.3) is 0 Å². The van der Waals surface area contributed by atoms with Gasteiger partial charge in [-0.3, -0.25) is 4.79 Å². The first-order valence-corrected chi connectivity index (χ1v) is 7.59. The molecule has 0 aliphatic carbocycles. The molecular formula is C16H30O2. The predicted molar refractivity (Wildman–Crippen MR) is 77.4 cm³/mol. The van der Waals surface area contributed by atoms with Crippen molar-refractivity contribution in [2.75, 3.05) is 0 Å². The van der Waals surface area contributed by atoms with Gasteiger partial charge < -0.3 is 4.74 Å². The smallest absolute Gasteiger partial charge is 0.307 e. The van der Waals surface area contributed by atoms with Gasteiger partial charge in [-0.05, 0) is 18.9 Å². The lowest BCUT2D eigenvalue weighted by Crippen LogP contribution is -1.89. The van der Waals surface area contributed by atoms with E-state index in [9.17, 15) is 4.79 Å². The van der Waals surface area contributed by atoms with Crippen LogP contribution in [-0.4, -0.2) is 5.97 Å². The molecule has 0 heterocycles. The number of ether oxygens (including phenoxy) is 1. The fourth-order valence-corrected chi connectivity index (χ4v) is 1.96. The van der Waals surface area contributed by atoms with Crippen LogP contribution in [0.4, 0.5) is 0 Å². The third-order valence-corrected chi connectivity index (χ3v) is 3.05. The Labute approximate surface area is 113 Å². The summed E-state index contributed by atoms with van der Waals surface area (Å²) in [6.07, 6.45) is 18.0.